The summed E-state index contributed by atoms with van der Waals surface area (Å²) in [7, 11) is 2.22. The summed E-state index contributed by atoms with van der Waals surface area (Å²) in [6, 6.07) is 1.57. The van der Waals surface area contributed by atoms with E-state index in [9.17, 15) is 0 Å². The van der Waals surface area contributed by atoms with Crippen molar-refractivity contribution in [2.45, 2.75) is 51.1 Å². The molecule has 0 aliphatic carbocycles. The summed E-state index contributed by atoms with van der Waals surface area (Å²) in [5.41, 5.74) is 0. The molecule has 0 bridgehead atoms. The molecule has 0 aromatic carbocycles. The molecule has 2 atom stereocenters. The van der Waals surface area contributed by atoms with Crippen molar-refractivity contribution in [1.29, 1.82) is 0 Å². The minimum absolute atomic E-state index is 0.749. The number of nitrogens with zero attached hydrogens (tertiary/aromatic N) is 2. The lowest BCUT2D eigenvalue weighted by atomic mass is 10.0. The average Bonchev–Trinajstić information content (AvgIpc) is 2.73. The molecule has 17 heavy (non-hydrogen) atoms. The Morgan fingerprint density at radius 1 is 1.18 bits per heavy atom. The molecule has 0 radical (unpaired) electrons. The molecular formula is C14H29N3. The largest absolute Gasteiger partial charge is 0.313 e. The molecular weight excluding hydrogens is 210 g/mol. The van der Waals surface area contributed by atoms with Gasteiger partial charge < -0.3 is 15.1 Å². The van der Waals surface area contributed by atoms with Crippen molar-refractivity contribution in [2.24, 2.45) is 0 Å². The highest BCUT2D eigenvalue weighted by molar-refractivity contribution is 4.79. The first-order valence-electron chi connectivity index (χ1n) is 7.41. The van der Waals surface area contributed by atoms with Crippen molar-refractivity contribution in [3.05, 3.63) is 0 Å². The Labute approximate surface area is 107 Å². The van der Waals surface area contributed by atoms with Gasteiger partial charge in [-0.15, -0.1) is 0 Å². The van der Waals surface area contributed by atoms with E-state index in [1.165, 1.54) is 64.8 Å². The highest BCUT2D eigenvalue weighted by atomic mass is 15.2. The van der Waals surface area contributed by atoms with Crippen LogP contribution in [0, 0.1) is 0 Å². The molecule has 2 unspecified atom stereocenters. The van der Waals surface area contributed by atoms with Crippen LogP contribution < -0.4 is 5.32 Å². The van der Waals surface area contributed by atoms with Gasteiger partial charge in [0.2, 0.25) is 0 Å². The standard InChI is InChI=1S/C14H29N3/c1-13-6-3-4-9-17(13)10-5-8-15-14-7-11-16(2)12-14/h13-15H,3-12H2,1-2H3. The molecule has 3 heteroatoms. The van der Waals surface area contributed by atoms with Gasteiger partial charge in [0, 0.05) is 18.6 Å². The first-order valence-corrected chi connectivity index (χ1v) is 7.41. The van der Waals surface area contributed by atoms with Gasteiger partial charge >= 0.3 is 0 Å². The molecule has 0 aromatic rings. The lowest BCUT2D eigenvalue weighted by molar-refractivity contribution is 0.158. The summed E-state index contributed by atoms with van der Waals surface area (Å²) < 4.78 is 0. The van der Waals surface area contributed by atoms with Crippen LogP contribution in [-0.2, 0) is 0 Å². The van der Waals surface area contributed by atoms with Crippen LogP contribution in [0.15, 0.2) is 0 Å². The molecule has 2 aliphatic rings. The number of nitrogens with one attached hydrogen (secondary N) is 1. The highest BCUT2D eigenvalue weighted by Gasteiger charge is 2.19. The van der Waals surface area contributed by atoms with Crippen molar-refractivity contribution >= 4 is 0 Å². The topological polar surface area (TPSA) is 18.5 Å². The Hall–Kier alpha value is -0.120. The molecule has 3 nitrogen and oxygen atoms in total. The lowest BCUT2D eigenvalue weighted by Gasteiger charge is -2.33. The number of piperidine rings is 1. The summed E-state index contributed by atoms with van der Waals surface area (Å²) in [4.78, 5) is 5.09. The molecule has 0 amide bonds. The third-order valence-corrected chi connectivity index (χ3v) is 4.39. The number of likely N-dealkylation sites (tertiary alicyclic amines) is 2. The molecule has 2 fully saturated rings. The molecule has 2 saturated heterocycles. The van der Waals surface area contributed by atoms with Gasteiger partial charge in [-0.1, -0.05) is 6.42 Å². The quantitative estimate of drug-likeness (QED) is 0.734. The maximum Gasteiger partial charge on any atom is 0.0207 e. The summed E-state index contributed by atoms with van der Waals surface area (Å²) in [5.74, 6) is 0. The van der Waals surface area contributed by atoms with Gasteiger partial charge in [0.25, 0.3) is 0 Å². The van der Waals surface area contributed by atoms with Crippen LogP contribution in [0.2, 0.25) is 0 Å². The number of likely N-dealkylation sites (N-methyl/N-ethyl adjacent to an activating group) is 1. The summed E-state index contributed by atoms with van der Waals surface area (Å²) in [6.07, 6.45) is 6.89. The van der Waals surface area contributed by atoms with Crippen molar-refractivity contribution in [2.75, 3.05) is 39.8 Å². The zero-order valence-corrected chi connectivity index (χ0v) is 11.6. The van der Waals surface area contributed by atoms with Crippen molar-refractivity contribution in [3.8, 4) is 0 Å². The van der Waals surface area contributed by atoms with E-state index >= 15 is 0 Å². The highest BCUT2D eigenvalue weighted by Crippen LogP contribution is 2.16. The van der Waals surface area contributed by atoms with Crippen molar-refractivity contribution in [3.63, 3.8) is 0 Å². The van der Waals surface area contributed by atoms with Crippen LogP contribution in [0.5, 0.6) is 0 Å². The maximum absolute atomic E-state index is 3.70. The van der Waals surface area contributed by atoms with Gasteiger partial charge in [0.1, 0.15) is 0 Å². The van der Waals surface area contributed by atoms with E-state index in [4.69, 9.17) is 0 Å². The lowest BCUT2D eigenvalue weighted by Crippen LogP contribution is -2.40. The first-order chi connectivity index (χ1) is 8.25. The fourth-order valence-electron chi connectivity index (χ4n) is 3.18. The van der Waals surface area contributed by atoms with Crippen LogP contribution in [0.4, 0.5) is 0 Å². The van der Waals surface area contributed by atoms with E-state index in [0.29, 0.717) is 0 Å². The Kier molecular flexibility index (Phi) is 5.26. The number of hydrogen-bond acceptors (Lipinski definition) is 3. The molecule has 2 heterocycles. The average molecular weight is 239 g/mol. The minimum atomic E-state index is 0.749. The van der Waals surface area contributed by atoms with Crippen LogP contribution in [0.1, 0.15) is 39.0 Å². The van der Waals surface area contributed by atoms with E-state index in [-0.39, 0.29) is 0 Å². The van der Waals surface area contributed by atoms with E-state index in [2.05, 4.69) is 29.1 Å². The van der Waals surface area contributed by atoms with Gasteiger partial charge in [-0.05, 0) is 65.8 Å². The molecule has 100 valence electrons. The van der Waals surface area contributed by atoms with Crippen LogP contribution in [0.25, 0.3) is 0 Å². The van der Waals surface area contributed by atoms with Gasteiger partial charge in [-0.3, -0.25) is 0 Å². The molecule has 2 aliphatic heterocycles. The van der Waals surface area contributed by atoms with Crippen molar-refractivity contribution in [1.82, 2.24) is 15.1 Å². The molecule has 1 N–H and O–H groups in total. The van der Waals surface area contributed by atoms with Crippen LogP contribution >= 0.6 is 0 Å². The third kappa shape index (κ3) is 4.23. The van der Waals surface area contributed by atoms with Gasteiger partial charge in [-0.2, -0.15) is 0 Å². The third-order valence-electron chi connectivity index (χ3n) is 4.39. The SMILES string of the molecule is CC1CCCCN1CCCNC1CCN(C)C1. The maximum atomic E-state index is 3.70. The fourth-order valence-corrected chi connectivity index (χ4v) is 3.18. The zero-order valence-electron chi connectivity index (χ0n) is 11.6. The Morgan fingerprint density at radius 3 is 2.76 bits per heavy atom. The molecule has 2 rings (SSSR count). The second kappa shape index (κ2) is 6.72. The molecule has 0 saturated carbocycles. The zero-order chi connectivity index (χ0) is 12.1. The normalized spacial score (nSPS) is 32.1. The van der Waals surface area contributed by atoms with Gasteiger partial charge in [0.05, 0.1) is 0 Å². The van der Waals surface area contributed by atoms with Crippen LogP contribution in [-0.4, -0.2) is 61.7 Å². The summed E-state index contributed by atoms with van der Waals surface area (Å²) >= 11 is 0. The van der Waals surface area contributed by atoms with E-state index < -0.39 is 0 Å². The Bertz CT molecular complexity index is 220. The predicted octanol–water partition coefficient (Wildman–Crippen LogP) is 1.54. The smallest absolute Gasteiger partial charge is 0.0207 e. The van der Waals surface area contributed by atoms with E-state index in [0.717, 1.165) is 12.1 Å². The summed E-state index contributed by atoms with van der Waals surface area (Å²) in [6.45, 7) is 8.70. The van der Waals surface area contributed by atoms with Crippen molar-refractivity contribution < 1.29 is 0 Å². The molecule has 0 spiro atoms. The fraction of sp³-hybridized carbons (Fsp3) is 1.00. The second-order valence-electron chi connectivity index (χ2n) is 5.94. The monoisotopic (exact) mass is 239 g/mol. The van der Waals surface area contributed by atoms with Crippen LogP contribution in [0.3, 0.4) is 0 Å². The number of rotatable bonds is 5. The Balaban J connectivity index is 1.53. The number of hydrogen-bond donors (Lipinski definition) is 1. The van der Waals surface area contributed by atoms with Gasteiger partial charge in [0.15, 0.2) is 0 Å². The second-order valence-corrected chi connectivity index (χ2v) is 5.94. The summed E-state index contributed by atoms with van der Waals surface area (Å²) in [5, 5.41) is 3.70. The molecule has 0 aromatic heterocycles. The van der Waals surface area contributed by atoms with E-state index in [1.807, 2.05) is 0 Å². The van der Waals surface area contributed by atoms with E-state index in [1.54, 1.807) is 0 Å². The Morgan fingerprint density at radius 2 is 2.06 bits per heavy atom. The predicted molar refractivity (Wildman–Crippen MR) is 73.4 cm³/mol. The first kappa shape index (κ1) is 13.3. The van der Waals surface area contributed by atoms with Gasteiger partial charge in [-0.25, -0.2) is 0 Å². The minimum Gasteiger partial charge on any atom is -0.313 e.